The van der Waals surface area contributed by atoms with E-state index in [0.29, 0.717) is 56.9 Å². The lowest BCUT2D eigenvalue weighted by molar-refractivity contribution is 0.447. The van der Waals surface area contributed by atoms with Crippen LogP contribution in [0.1, 0.15) is 55.6 Å². The first-order valence-corrected chi connectivity index (χ1v) is 32.8. The molecule has 0 radical (unpaired) electrons. The van der Waals surface area contributed by atoms with Crippen molar-refractivity contribution >= 4 is 46.3 Å². The first-order chi connectivity index (χ1) is 49.7. The fourth-order valence-electron chi connectivity index (χ4n) is 14.8. The quantitative estimate of drug-likeness (QED) is 0.0670. The molecule has 0 heterocycles. The molecule has 14 aromatic carbocycles. The van der Waals surface area contributed by atoms with Gasteiger partial charge >= 0.3 is 0 Å². The van der Waals surface area contributed by atoms with E-state index in [1.54, 1.807) is 70.5 Å². The molecule has 102 heavy (non-hydrogen) atoms. The molecule has 0 fully saturated rings. The molecule has 0 spiro atoms. The largest absolute Gasteiger partial charge is 0.457 e. The summed E-state index contributed by atoms with van der Waals surface area (Å²) in [4.78, 5) is 3.28. The van der Waals surface area contributed by atoms with Gasteiger partial charge in [0.15, 0.2) is 34.9 Å². The van der Waals surface area contributed by atoms with Gasteiger partial charge < -0.3 is 19.3 Å². The van der Waals surface area contributed by atoms with Gasteiger partial charge in [-0.1, -0.05) is 183 Å². The third-order valence-corrected chi connectivity index (χ3v) is 19.4. The first-order valence-electron chi connectivity index (χ1n) is 32.8. The zero-order valence-corrected chi connectivity index (χ0v) is 54.2. The highest BCUT2D eigenvalue weighted by molar-refractivity contribution is 5.92. The highest BCUT2D eigenvalue weighted by atomic mass is 19.2. The number of rotatable bonds is 17. The van der Waals surface area contributed by atoms with Gasteiger partial charge in [-0.15, -0.1) is 0 Å². The van der Waals surface area contributed by atoms with Gasteiger partial charge in [-0.25, -0.2) is 35.1 Å². The molecule has 0 aliphatic heterocycles. The molecule has 4 nitrogen and oxygen atoms in total. The summed E-state index contributed by atoms with van der Waals surface area (Å²) in [6.45, 7) is 7.70. The Labute approximate surface area is 583 Å². The van der Waals surface area contributed by atoms with E-state index in [0.717, 1.165) is 102 Å². The SMILES string of the molecule is C=Cc1ccc(Oc2ccc(C3(c4ccc(F)cc4)c4ccccc4-c4ccc(N(c5ccc(-c6ccc(N(c7cc(F)c(F)c(F)c7)c7ccc8c(c7)C(c7ccc(F)cc7)(c7ccc(Oc9ccc(C=C)cc9)cc7)c7ccccc7-8)cc6)cc5)c5cc(F)c(F)c(F)c5)cc43)cc2)cc1. The molecule has 2 unspecified atom stereocenters. The Morgan fingerprint density at radius 1 is 0.265 bits per heavy atom. The third kappa shape index (κ3) is 11.0. The molecule has 494 valence electrons. The van der Waals surface area contributed by atoms with Crippen LogP contribution in [0.2, 0.25) is 0 Å². The molecule has 0 saturated carbocycles. The maximum atomic E-state index is 15.7. The van der Waals surface area contributed by atoms with Crippen LogP contribution in [-0.2, 0) is 10.8 Å². The van der Waals surface area contributed by atoms with E-state index < -0.39 is 57.4 Å². The number of nitrogens with zero attached hydrogens (tertiary/aromatic N) is 2. The van der Waals surface area contributed by atoms with E-state index in [1.165, 1.54) is 24.3 Å². The van der Waals surface area contributed by atoms with E-state index in [2.05, 4.69) is 13.2 Å². The fraction of sp³-hybridized carbons (Fsp3) is 0.0222. The maximum Gasteiger partial charge on any atom is 0.194 e. The standard InChI is InChI=1S/C90H56F8N2O2/c1-3-55-13-39-71(40-14-55)101-73-43-25-61(26-44-73)89(59-21-29-63(91)30-22-59)79-11-7-5-9-75(79)77-47-37-67(49-81(77)89)99(69-51-83(93)87(97)84(94)52-69)65-33-17-57(18-34-65)58-19-35-66(36-20-58)100(70-53-85(95)88(98)86(96)54-70)68-38-48-78-76-10-6-8-12-80(76)90(82(78)50-68,60-23-31-64(92)32-24-60)62-27-45-74(46-28-62)102-72-41-15-56(4-2)16-42-72/h3-54H,1-2H2. The number of hydrogen-bond donors (Lipinski definition) is 0. The second-order valence-electron chi connectivity index (χ2n) is 25.1. The summed E-state index contributed by atoms with van der Waals surface area (Å²) >= 11 is 0. The lowest BCUT2D eigenvalue weighted by Crippen LogP contribution is -2.29. The molecule has 2 aliphatic carbocycles. The van der Waals surface area contributed by atoms with Gasteiger partial charge in [-0.2, -0.15) is 0 Å². The molecule has 0 saturated heterocycles. The number of anilines is 6. The van der Waals surface area contributed by atoms with Crippen molar-refractivity contribution in [3.05, 3.63) is 419 Å². The van der Waals surface area contributed by atoms with E-state index in [9.17, 15) is 0 Å². The minimum absolute atomic E-state index is 0.0256. The van der Waals surface area contributed by atoms with Gasteiger partial charge in [0.2, 0.25) is 0 Å². The predicted molar refractivity (Wildman–Crippen MR) is 389 cm³/mol. The van der Waals surface area contributed by atoms with Crippen LogP contribution in [0.15, 0.2) is 316 Å². The van der Waals surface area contributed by atoms with Crippen LogP contribution in [0.4, 0.5) is 69.2 Å². The molecule has 2 atom stereocenters. The van der Waals surface area contributed by atoms with Crippen LogP contribution >= 0.6 is 0 Å². The van der Waals surface area contributed by atoms with Gasteiger partial charge in [0.1, 0.15) is 34.6 Å². The summed E-state index contributed by atoms with van der Waals surface area (Å²) in [5, 5.41) is 0. The van der Waals surface area contributed by atoms with E-state index in [4.69, 9.17) is 9.47 Å². The topological polar surface area (TPSA) is 24.9 Å². The Balaban J connectivity index is 0.785. The number of benzene rings is 14. The third-order valence-electron chi connectivity index (χ3n) is 19.4. The number of hydrogen-bond acceptors (Lipinski definition) is 4. The van der Waals surface area contributed by atoms with Crippen LogP contribution in [0.3, 0.4) is 0 Å². The summed E-state index contributed by atoms with van der Waals surface area (Å²) < 4.78 is 136. The normalized spacial score (nSPS) is 14.6. The van der Waals surface area contributed by atoms with Crippen molar-refractivity contribution in [2.24, 2.45) is 0 Å². The van der Waals surface area contributed by atoms with Gasteiger partial charge in [0.05, 0.1) is 22.2 Å². The summed E-state index contributed by atoms with van der Waals surface area (Å²) in [6.07, 6.45) is 3.50. The van der Waals surface area contributed by atoms with Gasteiger partial charge in [-0.3, -0.25) is 0 Å². The van der Waals surface area contributed by atoms with Gasteiger partial charge in [0.25, 0.3) is 0 Å². The van der Waals surface area contributed by atoms with Crippen LogP contribution in [-0.4, -0.2) is 0 Å². The Kier molecular flexibility index (Phi) is 16.2. The second-order valence-corrected chi connectivity index (χ2v) is 25.1. The maximum absolute atomic E-state index is 15.7. The molecule has 2 aliphatic rings. The van der Waals surface area contributed by atoms with Crippen molar-refractivity contribution in [1.82, 2.24) is 0 Å². The number of fused-ring (bicyclic) bond motifs is 6. The number of ether oxygens (including phenoxy) is 2. The van der Waals surface area contributed by atoms with Crippen molar-refractivity contribution in [1.29, 1.82) is 0 Å². The molecule has 0 bridgehead atoms. The predicted octanol–water partition coefficient (Wildman–Crippen LogP) is 25.0. The minimum Gasteiger partial charge on any atom is -0.457 e. The van der Waals surface area contributed by atoms with Crippen molar-refractivity contribution in [3.63, 3.8) is 0 Å². The lowest BCUT2D eigenvalue weighted by atomic mass is 9.67. The van der Waals surface area contributed by atoms with Crippen LogP contribution in [0.5, 0.6) is 23.0 Å². The summed E-state index contributed by atoms with van der Waals surface area (Å²) in [6, 6.07) is 88.6. The average Bonchev–Trinajstić information content (AvgIpc) is 1.54. The number of halogens is 8. The molecule has 16 rings (SSSR count). The molecule has 0 amide bonds. The highest BCUT2D eigenvalue weighted by Crippen LogP contribution is 2.60. The summed E-state index contributed by atoms with van der Waals surface area (Å²) in [5.41, 5.74) is 12.7. The molecule has 14 aromatic rings. The van der Waals surface area contributed by atoms with Gasteiger partial charge in [-0.05, 0) is 210 Å². The first kappa shape index (κ1) is 63.9. The highest BCUT2D eigenvalue weighted by Gasteiger charge is 2.48. The molecule has 0 N–H and O–H groups in total. The average molecular weight is 1350 g/mol. The van der Waals surface area contributed by atoms with Crippen molar-refractivity contribution in [2.45, 2.75) is 10.8 Å². The van der Waals surface area contributed by atoms with E-state index in [1.807, 2.05) is 206 Å². The Hall–Kier alpha value is -12.8. The van der Waals surface area contributed by atoms with Crippen LogP contribution < -0.4 is 19.3 Å². The second kappa shape index (κ2) is 25.8. The van der Waals surface area contributed by atoms with Crippen molar-refractivity contribution in [3.8, 4) is 56.4 Å². The van der Waals surface area contributed by atoms with E-state index >= 15 is 35.1 Å². The Morgan fingerprint density at radius 3 is 0.873 bits per heavy atom. The van der Waals surface area contributed by atoms with Crippen LogP contribution in [0, 0.1) is 46.5 Å². The lowest BCUT2D eigenvalue weighted by Gasteiger charge is -2.35. The summed E-state index contributed by atoms with van der Waals surface area (Å²) in [5.74, 6) is -7.36. The fourth-order valence-corrected chi connectivity index (χ4v) is 14.8. The van der Waals surface area contributed by atoms with E-state index in [-0.39, 0.29) is 11.4 Å². The van der Waals surface area contributed by atoms with Crippen LogP contribution in [0.25, 0.3) is 45.5 Å². The molecular weight excluding hydrogens is 1290 g/mol. The smallest absolute Gasteiger partial charge is 0.194 e. The Morgan fingerprint density at radius 2 is 0.549 bits per heavy atom. The molecule has 0 aromatic heterocycles. The molecular formula is C90H56F8N2O2. The monoisotopic (exact) mass is 1350 g/mol. The zero-order valence-electron chi connectivity index (χ0n) is 54.2. The molecule has 12 heteroatoms. The zero-order chi connectivity index (χ0) is 70.0. The Bertz CT molecular complexity index is 5180. The summed E-state index contributed by atoms with van der Waals surface area (Å²) in [7, 11) is 0. The van der Waals surface area contributed by atoms with Gasteiger partial charge in [0, 0.05) is 47.0 Å². The minimum atomic E-state index is -1.63. The van der Waals surface area contributed by atoms with Crippen molar-refractivity contribution < 1.29 is 44.6 Å². The van der Waals surface area contributed by atoms with Crippen molar-refractivity contribution in [2.75, 3.05) is 9.80 Å².